The number of ketones is 1. The highest BCUT2D eigenvalue weighted by atomic mass is 16.6. The maximum atomic E-state index is 14.5. The average Bonchev–Trinajstić information content (AvgIpc) is 3.17. The van der Waals surface area contributed by atoms with Crippen LogP contribution in [0.2, 0.25) is 0 Å². The number of methoxy groups -OCH3 is 1. The van der Waals surface area contributed by atoms with E-state index >= 15 is 0 Å². The summed E-state index contributed by atoms with van der Waals surface area (Å²) in [4.78, 5) is 66.7. The second-order valence-corrected chi connectivity index (χ2v) is 13.1. The Morgan fingerprint density at radius 2 is 1.67 bits per heavy atom. The zero-order valence-corrected chi connectivity index (χ0v) is 24.2. The van der Waals surface area contributed by atoms with Crippen molar-refractivity contribution in [2.45, 2.75) is 86.9 Å². The molecule has 39 heavy (non-hydrogen) atoms. The number of carbonyl (C=O) groups excluding carboxylic acids is 5. The molecule has 0 radical (unpaired) electrons. The summed E-state index contributed by atoms with van der Waals surface area (Å²) in [6.07, 6.45) is 2.02. The lowest BCUT2D eigenvalue weighted by Gasteiger charge is -2.66. The number of allylic oxidation sites excluding steroid dienone is 3. The molecule has 5 rings (SSSR count). The Labute approximate surface area is 228 Å². The van der Waals surface area contributed by atoms with Crippen molar-refractivity contribution >= 4 is 29.7 Å². The third kappa shape index (κ3) is 2.84. The van der Waals surface area contributed by atoms with Gasteiger partial charge in [0.05, 0.1) is 17.9 Å². The van der Waals surface area contributed by atoms with Gasteiger partial charge in [-0.15, -0.1) is 0 Å². The smallest absolute Gasteiger partial charge is 0.321 e. The maximum absolute atomic E-state index is 14.5. The van der Waals surface area contributed by atoms with Crippen LogP contribution in [0.25, 0.3) is 0 Å². The molecule has 1 saturated heterocycles. The van der Waals surface area contributed by atoms with Crippen molar-refractivity contribution in [3.05, 3.63) is 23.0 Å². The Kier molecular flexibility index (Phi) is 5.69. The lowest BCUT2D eigenvalue weighted by molar-refractivity contribution is -0.217. The van der Waals surface area contributed by atoms with Crippen LogP contribution in [-0.2, 0) is 42.9 Å². The highest BCUT2D eigenvalue weighted by Gasteiger charge is 2.85. The quantitative estimate of drug-likeness (QED) is 0.227. The highest BCUT2D eigenvalue weighted by molar-refractivity contribution is 6.17. The van der Waals surface area contributed by atoms with E-state index in [9.17, 15) is 24.0 Å². The molecule has 2 bridgehead atoms. The third-order valence-electron chi connectivity index (χ3n) is 11.2. The summed E-state index contributed by atoms with van der Waals surface area (Å²) in [6, 6.07) is 0. The molecule has 0 aromatic carbocycles. The van der Waals surface area contributed by atoms with Gasteiger partial charge in [0.15, 0.2) is 11.2 Å². The van der Waals surface area contributed by atoms with Gasteiger partial charge in [0.25, 0.3) is 0 Å². The Morgan fingerprint density at radius 1 is 1.03 bits per heavy atom. The number of esters is 4. The van der Waals surface area contributed by atoms with Crippen molar-refractivity contribution in [3.8, 4) is 0 Å². The zero-order chi connectivity index (χ0) is 29.1. The van der Waals surface area contributed by atoms with Crippen LogP contribution in [0.4, 0.5) is 0 Å². The largest absolute Gasteiger partial charge is 0.468 e. The number of carbonyl (C=O) groups is 5. The van der Waals surface area contributed by atoms with Crippen LogP contribution in [0.1, 0.15) is 74.7 Å². The minimum Gasteiger partial charge on any atom is -0.468 e. The van der Waals surface area contributed by atoms with Crippen molar-refractivity contribution in [2.24, 2.45) is 38.9 Å². The minimum absolute atomic E-state index is 0.150. The summed E-state index contributed by atoms with van der Waals surface area (Å²) in [6.45, 7) is 13.7. The highest BCUT2D eigenvalue weighted by Crippen LogP contribution is 2.79. The van der Waals surface area contributed by atoms with Gasteiger partial charge in [0.2, 0.25) is 0 Å². The first-order valence-corrected chi connectivity index (χ1v) is 13.6. The molecule has 5 aliphatic rings. The van der Waals surface area contributed by atoms with Gasteiger partial charge >= 0.3 is 23.9 Å². The van der Waals surface area contributed by atoms with Crippen molar-refractivity contribution in [1.82, 2.24) is 0 Å². The molecule has 0 aromatic rings. The molecule has 4 aliphatic carbocycles. The molecule has 2 saturated carbocycles. The second kappa shape index (κ2) is 8.04. The first kappa shape index (κ1) is 27.6. The summed E-state index contributed by atoms with van der Waals surface area (Å²) < 4.78 is 23.0. The van der Waals surface area contributed by atoms with E-state index in [2.05, 4.69) is 0 Å². The van der Waals surface area contributed by atoms with E-state index in [4.69, 9.17) is 18.9 Å². The molecule has 8 atom stereocenters. The molecule has 212 valence electrons. The minimum atomic E-state index is -1.78. The van der Waals surface area contributed by atoms with Crippen LogP contribution < -0.4 is 0 Å². The number of hydrogen-bond acceptors (Lipinski definition) is 9. The summed E-state index contributed by atoms with van der Waals surface area (Å²) >= 11 is 0. The van der Waals surface area contributed by atoms with Crippen LogP contribution in [0, 0.1) is 38.9 Å². The Bertz CT molecular complexity index is 1290. The van der Waals surface area contributed by atoms with Crippen molar-refractivity contribution < 1.29 is 42.9 Å². The van der Waals surface area contributed by atoms with E-state index in [1.54, 1.807) is 13.8 Å². The van der Waals surface area contributed by atoms with Crippen LogP contribution in [0.3, 0.4) is 0 Å². The summed E-state index contributed by atoms with van der Waals surface area (Å²) in [7, 11) is 1.25. The number of Topliss-reactive ketones (excluding diaryl/α,β-unsaturated/α-hetero) is 1. The normalized spacial score (nSPS) is 43.5. The van der Waals surface area contributed by atoms with Gasteiger partial charge in [0.1, 0.15) is 18.0 Å². The standard InChI is InChI=1S/C30H38O9/c1-14-12-19-27(7,30(25(35)36-9)22(33)15(2)23(28(14,30)8)38-17(4)32)13-18-21-26(5,6)20(37-16(3)31)10-11-29(19,21)24(34)39-18/h12,18-21H,10-11,13H2,1-9H3/t18-,19-,20-,21+,27-,28-,29+,30+/m0/s1. The van der Waals surface area contributed by atoms with E-state index in [-0.39, 0.29) is 35.6 Å². The summed E-state index contributed by atoms with van der Waals surface area (Å²) in [5.74, 6) is -3.21. The Hall–Kier alpha value is -2.97. The van der Waals surface area contributed by atoms with Crippen molar-refractivity contribution in [1.29, 1.82) is 0 Å². The number of fused-ring (bicyclic) bond motifs is 3. The molecule has 9 heteroatoms. The molecule has 0 amide bonds. The van der Waals surface area contributed by atoms with E-state index in [0.717, 1.165) is 0 Å². The predicted octanol–water partition coefficient (Wildman–Crippen LogP) is 3.84. The zero-order valence-electron chi connectivity index (χ0n) is 24.2. The van der Waals surface area contributed by atoms with Gasteiger partial charge in [-0.05, 0) is 40.0 Å². The second-order valence-electron chi connectivity index (χ2n) is 13.1. The van der Waals surface area contributed by atoms with Crippen LogP contribution >= 0.6 is 0 Å². The van der Waals surface area contributed by atoms with Crippen molar-refractivity contribution in [3.63, 3.8) is 0 Å². The SMILES string of the molecule is COC(=O)[C@@]12C(=O)C(C)=C(OC(C)=O)[C@]1(C)C(C)=C[C@@H]1[C@]34CC[C@H](OC(C)=O)C(C)(C)[C@H]3[C@H](C[C@@]12C)OC4=O. The Balaban J connectivity index is 1.79. The molecule has 0 aromatic heterocycles. The predicted molar refractivity (Wildman–Crippen MR) is 136 cm³/mol. The van der Waals surface area contributed by atoms with Crippen molar-refractivity contribution in [2.75, 3.05) is 7.11 Å². The van der Waals surface area contributed by atoms with E-state index < -0.39 is 62.9 Å². The van der Waals surface area contributed by atoms with Gasteiger partial charge < -0.3 is 18.9 Å². The van der Waals surface area contributed by atoms with E-state index in [1.165, 1.54) is 21.0 Å². The molecule has 3 fully saturated rings. The summed E-state index contributed by atoms with van der Waals surface area (Å²) in [5.41, 5.74) is -5.01. The van der Waals surface area contributed by atoms with Crippen LogP contribution in [-0.4, -0.2) is 49.0 Å². The molecule has 1 heterocycles. The van der Waals surface area contributed by atoms with Gasteiger partial charge in [-0.1, -0.05) is 32.4 Å². The fourth-order valence-electron chi connectivity index (χ4n) is 9.88. The van der Waals surface area contributed by atoms with Crippen LogP contribution in [0.5, 0.6) is 0 Å². The molecule has 0 spiro atoms. The van der Waals surface area contributed by atoms with Gasteiger partial charge in [0, 0.05) is 42.1 Å². The average molecular weight is 543 g/mol. The fraction of sp³-hybridized carbons (Fsp3) is 0.700. The lowest BCUT2D eigenvalue weighted by atomic mass is 9.33. The molecule has 0 N–H and O–H groups in total. The van der Waals surface area contributed by atoms with Gasteiger partial charge in [-0.2, -0.15) is 0 Å². The van der Waals surface area contributed by atoms with E-state index in [1.807, 2.05) is 33.8 Å². The molecular formula is C30H38O9. The maximum Gasteiger partial charge on any atom is 0.321 e. The van der Waals surface area contributed by atoms with E-state index in [0.29, 0.717) is 18.4 Å². The summed E-state index contributed by atoms with van der Waals surface area (Å²) in [5, 5.41) is 0. The molecule has 1 aliphatic heterocycles. The first-order chi connectivity index (χ1) is 18.0. The molecule has 0 unspecified atom stereocenters. The monoisotopic (exact) mass is 542 g/mol. The fourth-order valence-corrected chi connectivity index (χ4v) is 9.88. The number of ether oxygens (including phenoxy) is 4. The number of rotatable bonds is 3. The topological polar surface area (TPSA) is 122 Å². The van der Waals surface area contributed by atoms with Crippen LogP contribution in [0.15, 0.2) is 23.0 Å². The third-order valence-corrected chi connectivity index (χ3v) is 11.2. The molecule has 9 nitrogen and oxygen atoms in total. The lowest BCUT2D eigenvalue weighted by Crippen LogP contribution is -2.71. The van der Waals surface area contributed by atoms with Gasteiger partial charge in [-0.3, -0.25) is 24.0 Å². The molecular weight excluding hydrogens is 504 g/mol. The van der Waals surface area contributed by atoms with Gasteiger partial charge in [-0.25, -0.2) is 0 Å². The Morgan fingerprint density at radius 3 is 2.23 bits per heavy atom. The first-order valence-electron chi connectivity index (χ1n) is 13.6. The number of hydrogen-bond donors (Lipinski definition) is 0.